The molecule has 0 bridgehead atoms. The number of methoxy groups -OCH3 is 1. The second-order valence-corrected chi connectivity index (χ2v) is 5.50. The summed E-state index contributed by atoms with van der Waals surface area (Å²) in [5.41, 5.74) is 3.62. The molecule has 1 saturated heterocycles. The number of hydrogen-bond donors (Lipinski definition) is 2. The molecule has 2 rings (SSSR count). The van der Waals surface area contributed by atoms with Crippen LogP contribution in [0.1, 0.15) is 29.2 Å². The molecule has 0 amide bonds. The number of nitrogens with zero attached hydrogens (tertiary/aromatic N) is 1. The zero-order valence-corrected chi connectivity index (χ0v) is 12.8. The highest BCUT2D eigenvalue weighted by molar-refractivity contribution is 5.44. The Kier molecular flexibility index (Phi) is 5.40. The van der Waals surface area contributed by atoms with E-state index >= 15 is 0 Å². The van der Waals surface area contributed by atoms with Gasteiger partial charge in [0.25, 0.3) is 0 Å². The fourth-order valence-corrected chi connectivity index (χ4v) is 3.17. The van der Waals surface area contributed by atoms with Crippen molar-refractivity contribution in [2.24, 2.45) is 0 Å². The van der Waals surface area contributed by atoms with Crippen molar-refractivity contribution in [3.63, 3.8) is 0 Å². The molecule has 1 aromatic carbocycles. The molecule has 0 radical (unpaired) electrons. The average molecular weight is 278 g/mol. The van der Waals surface area contributed by atoms with Crippen LogP contribution in [0, 0.1) is 13.8 Å². The summed E-state index contributed by atoms with van der Waals surface area (Å²) in [6.45, 7) is 8.51. The van der Waals surface area contributed by atoms with E-state index in [0.717, 1.165) is 38.3 Å². The van der Waals surface area contributed by atoms with Crippen molar-refractivity contribution in [3.8, 4) is 5.75 Å². The molecule has 1 heterocycles. The Hall–Kier alpha value is -1.10. The van der Waals surface area contributed by atoms with Gasteiger partial charge in [0.05, 0.1) is 7.11 Å². The molecule has 0 unspecified atom stereocenters. The van der Waals surface area contributed by atoms with Gasteiger partial charge in [-0.05, 0) is 37.0 Å². The van der Waals surface area contributed by atoms with Crippen molar-refractivity contribution in [2.45, 2.75) is 26.3 Å². The summed E-state index contributed by atoms with van der Waals surface area (Å²) in [6, 6.07) is 4.70. The van der Waals surface area contributed by atoms with Crippen LogP contribution < -0.4 is 10.1 Å². The lowest BCUT2D eigenvalue weighted by atomic mass is 9.96. The molecule has 1 aliphatic rings. The van der Waals surface area contributed by atoms with Crippen LogP contribution in [0.4, 0.5) is 0 Å². The lowest BCUT2D eigenvalue weighted by Gasteiger charge is -2.35. The van der Waals surface area contributed by atoms with Gasteiger partial charge < -0.3 is 15.2 Å². The SMILES string of the molecule is COc1c(C)cc([C@@H](CCO)N2CCNCC2)cc1C. The van der Waals surface area contributed by atoms with Crippen molar-refractivity contribution < 1.29 is 9.84 Å². The molecule has 112 valence electrons. The monoisotopic (exact) mass is 278 g/mol. The molecule has 0 aliphatic carbocycles. The van der Waals surface area contributed by atoms with Gasteiger partial charge in [-0.25, -0.2) is 0 Å². The number of rotatable bonds is 5. The Morgan fingerprint density at radius 3 is 2.35 bits per heavy atom. The van der Waals surface area contributed by atoms with E-state index in [1.54, 1.807) is 7.11 Å². The molecular formula is C16H26N2O2. The second kappa shape index (κ2) is 7.07. The molecule has 20 heavy (non-hydrogen) atoms. The van der Waals surface area contributed by atoms with Crippen LogP contribution in [0.25, 0.3) is 0 Å². The Bertz CT molecular complexity index is 419. The lowest BCUT2D eigenvalue weighted by molar-refractivity contribution is 0.141. The third-order valence-corrected chi connectivity index (χ3v) is 4.07. The van der Waals surface area contributed by atoms with E-state index in [2.05, 4.69) is 36.2 Å². The van der Waals surface area contributed by atoms with Crippen LogP contribution in [0.15, 0.2) is 12.1 Å². The van der Waals surface area contributed by atoms with Crippen LogP contribution in [0.3, 0.4) is 0 Å². The zero-order valence-electron chi connectivity index (χ0n) is 12.8. The molecule has 0 saturated carbocycles. The number of piperazine rings is 1. The summed E-state index contributed by atoms with van der Waals surface area (Å²) in [7, 11) is 1.72. The largest absolute Gasteiger partial charge is 0.496 e. The topological polar surface area (TPSA) is 44.7 Å². The fraction of sp³-hybridized carbons (Fsp3) is 0.625. The Morgan fingerprint density at radius 2 is 1.85 bits per heavy atom. The summed E-state index contributed by atoms with van der Waals surface area (Å²) < 4.78 is 5.44. The van der Waals surface area contributed by atoms with Crippen LogP contribution in [-0.4, -0.2) is 49.9 Å². The normalized spacial score (nSPS) is 18.0. The maximum Gasteiger partial charge on any atom is 0.124 e. The Morgan fingerprint density at radius 1 is 1.25 bits per heavy atom. The average Bonchev–Trinajstić information content (AvgIpc) is 2.45. The van der Waals surface area contributed by atoms with Gasteiger partial charge in [-0.15, -0.1) is 0 Å². The van der Waals surface area contributed by atoms with Crippen molar-refractivity contribution in [1.29, 1.82) is 0 Å². The minimum Gasteiger partial charge on any atom is -0.496 e. The molecule has 1 aromatic rings. The van der Waals surface area contributed by atoms with Crippen molar-refractivity contribution >= 4 is 0 Å². The highest BCUT2D eigenvalue weighted by Crippen LogP contribution is 2.31. The molecule has 0 spiro atoms. The van der Waals surface area contributed by atoms with E-state index in [9.17, 15) is 5.11 Å². The minimum absolute atomic E-state index is 0.221. The number of hydrogen-bond acceptors (Lipinski definition) is 4. The van der Waals surface area contributed by atoms with Gasteiger partial charge in [0.15, 0.2) is 0 Å². The molecular weight excluding hydrogens is 252 g/mol. The number of aryl methyl sites for hydroxylation is 2. The van der Waals surface area contributed by atoms with E-state index in [-0.39, 0.29) is 6.61 Å². The summed E-state index contributed by atoms with van der Waals surface area (Å²) in [5.74, 6) is 0.969. The maximum atomic E-state index is 9.40. The number of benzene rings is 1. The number of aliphatic hydroxyl groups excluding tert-OH is 1. The zero-order chi connectivity index (χ0) is 14.5. The minimum atomic E-state index is 0.221. The van der Waals surface area contributed by atoms with Crippen LogP contribution >= 0.6 is 0 Å². The quantitative estimate of drug-likeness (QED) is 0.859. The summed E-state index contributed by atoms with van der Waals surface area (Å²) in [5, 5.41) is 12.8. The number of ether oxygens (including phenoxy) is 1. The standard InChI is InChI=1S/C16H26N2O2/c1-12-10-14(11-13(2)16(12)20-3)15(4-9-19)18-7-5-17-6-8-18/h10-11,15,17,19H,4-9H2,1-3H3/t15-/m1/s1. The van der Waals surface area contributed by atoms with Crippen LogP contribution in [0.5, 0.6) is 5.75 Å². The van der Waals surface area contributed by atoms with E-state index in [1.807, 2.05) is 0 Å². The summed E-state index contributed by atoms with van der Waals surface area (Å²) in [4.78, 5) is 2.47. The van der Waals surface area contributed by atoms with Crippen LogP contribution in [-0.2, 0) is 0 Å². The maximum absolute atomic E-state index is 9.40. The Labute approximate surface area is 121 Å². The van der Waals surface area contributed by atoms with Gasteiger partial charge in [-0.2, -0.15) is 0 Å². The first-order valence-electron chi connectivity index (χ1n) is 7.38. The third-order valence-electron chi connectivity index (χ3n) is 4.07. The third kappa shape index (κ3) is 3.32. The van der Waals surface area contributed by atoms with Crippen molar-refractivity contribution in [1.82, 2.24) is 10.2 Å². The Balaban J connectivity index is 2.28. The molecule has 0 aromatic heterocycles. The van der Waals surface area contributed by atoms with Gasteiger partial charge in [0.2, 0.25) is 0 Å². The van der Waals surface area contributed by atoms with Gasteiger partial charge in [0.1, 0.15) is 5.75 Å². The van der Waals surface area contributed by atoms with Crippen LogP contribution in [0.2, 0.25) is 0 Å². The predicted octanol–water partition coefficient (Wildman–Crippen LogP) is 1.64. The highest BCUT2D eigenvalue weighted by Gasteiger charge is 2.22. The second-order valence-electron chi connectivity index (χ2n) is 5.50. The fourth-order valence-electron chi connectivity index (χ4n) is 3.17. The van der Waals surface area contributed by atoms with E-state index in [4.69, 9.17) is 4.74 Å². The first kappa shape index (κ1) is 15.3. The number of nitrogens with one attached hydrogen (secondary N) is 1. The molecule has 1 atom stereocenters. The van der Waals surface area contributed by atoms with E-state index in [1.165, 1.54) is 16.7 Å². The smallest absolute Gasteiger partial charge is 0.124 e. The number of aliphatic hydroxyl groups is 1. The first-order chi connectivity index (χ1) is 9.67. The molecule has 4 heteroatoms. The first-order valence-corrected chi connectivity index (χ1v) is 7.38. The highest BCUT2D eigenvalue weighted by atomic mass is 16.5. The van der Waals surface area contributed by atoms with E-state index in [0.29, 0.717) is 6.04 Å². The molecule has 4 nitrogen and oxygen atoms in total. The van der Waals surface area contributed by atoms with Crippen molar-refractivity contribution in [2.75, 3.05) is 39.9 Å². The molecule has 1 fully saturated rings. The van der Waals surface area contributed by atoms with Gasteiger partial charge >= 0.3 is 0 Å². The van der Waals surface area contributed by atoms with E-state index < -0.39 is 0 Å². The van der Waals surface area contributed by atoms with Gasteiger partial charge in [-0.1, -0.05) is 12.1 Å². The molecule has 1 aliphatic heterocycles. The van der Waals surface area contributed by atoms with Gasteiger partial charge in [0, 0.05) is 38.8 Å². The van der Waals surface area contributed by atoms with Crippen molar-refractivity contribution in [3.05, 3.63) is 28.8 Å². The van der Waals surface area contributed by atoms with Gasteiger partial charge in [-0.3, -0.25) is 4.90 Å². The summed E-state index contributed by atoms with van der Waals surface area (Å²) >= 11 is 0. The lowest BCUT2D eigenvalue weighted by Crippen LogP contribution is -2.45. The summed E-state index contributed by atoms with van der Waals surface area (Å²) in [6.07, 6.45) is 0.783. The predicted molar refractivity (Wildman–Crippen MR) is 81.4 cm³/mol. The molecule has 2 N–H and O–H groups in total.